The van der Waals surface area contributed by atoms with Crippen LogP contribution in [0.1, 0.15) is 61.9 Å². The lowest BCUT2D eigenvalue weighted by Crippen LogP contribution is -2.06. The second-order valence-electron chi connectivity index (χ2n) is 5.99. The number of hydrogen-bond donors (Lipinski definition) is 0. The van der Waals surface area contributed by atoms with Crippen LogP contribution in [0.2, 0.25) is 0 Å². The van der Waals surface area contributed by atoms with Crippen LogP contribution in [0.15, 0.2) is 12.1 Å². The number of carbonyl (C=O) groups excluding carboxylic acids is 1. The van der Waals surface area contributed by atoms with Crippen LogP contribution in [-0.2, 0) is 4.79 Å². The van der Waals surface area contributed by atoms with E-state index in [1.54, 1.807) is 0 Å². The van der Waals surface area contributed by atoms with Crippen molar-refractivity contribution in [1.82, 2.24) is 4.98 Å². The number of aryl methyl sites for hydroxylation is 2. The molecule has 0 aliphatic heterocycles. The number of carbonyl (C=O) groups is 1. The molecule has 0 aliphatic rings. The molecule has 0 unspecified atom stereocenters. The van der Waals surface area contributed by atoms with E-state index in [9.17, 15) is 4.79 Å². The van der Waals surface area contributed by atoms with Crippen molar-refractivity contribution in [2.75, 3.05) is 0 Å². The van der Waals surface area contributed by atoms with Crippen molar-refractivity contribution < 1.29 is 9.53 Å². The first kappa shape index (κ1) is 16.5. The van der Waals surface area contributed by atoms with Crippen molar-refractivity contribution in [3.05, 3.63) is 34.5 Å². The lowest BCUT2D eigenvalue weighted by atomic mass is 9.90. The number of nitrogens with zero attached hydrogens (tertiary/aromatic N) is 1. The van der Waals surface area contributed by atoms with E-state index in [2.05, 4.69) is 32.9 Å². The fourth-order valence-corrected chi connectivity index (χ4v) is 3.02. The van der Waals surface area contributed by atoms with E-state index in [1.165, 1.54) is 12.5 Å². The average molecular weight is 299 g/mol. The molecular weight excluding hydrogens is 274 g/mol. The van der Waals surface area contributed by atoms with Gasteiger partial charge in [-0.2, -0.15) is 0 Å². The Balaban J connectivity index is 2.78. The fourth-order valence-electron chi connectivity index (χ4n) is 3.02. The Hall–Kier alpha value is -1.90. The topological polar surface area (TPSA) is 39.2 Å². The highest BCUT2D eigenvalue weighted by Gasteiger charge is 2.17. The number of pyridine rings is 1. The van der Waals surface area contributed by atoms with Gasteiger partial charge in [-0.25, -0.2) is 0 Å². The van der Waals surface area contributed by atoms with E-state index in [1.807, 2.05) is 13.8 Å². The minimum absolute atomic E-state index is 0.291. The van der Waals surface area contributed by atoms with Gasteiger partial charge in [0.2, 0.25) is 0 Å². The molecule has 0 saturated carbocycles. The molecule has 1 heterocycles. The Morgan fingerprint density at radius 2 is 1.82 bits per heavy atom. The number of rotatable bonds is 4. The summed E-state index contributed by atoms with van der Waals surface area (Å²) in [5.41, 5.74) is 5.20. The van der Waals surface area contributed by atoms with Crippen molar-refractivity contribution in [3.8, 4) is 5.75 Å². The Kier molecular flexibility index (Phi) is 4.84. The van der Waals surface area contributed by atoms with E-state index >= 15 is 0 Å². The zero-order valence-corrected chi connectivity index (χ0v) is 14.4. The molecule has 0 aliphatic carbocycles. The maximum atomic E-state index is 11.5. The van der Waals surface area contributed by atoms with Crippen molar-refractivity contribution in [2.45, 2.75) is 60.3 Å². The van der Waals surface area contributed by atoms with Crippen LogP contribution in [0, 0.1) is 20.8 Å². The lowest BCUT2D eigenvalue weighted by molar-refractivity contribution is -0.131. The third-order valence-electron chi connectivity index (χ3n) is 4.43. The van der Waals surface area contributed by atoms with Crippen molar-refractivity contribution in [1.29, 1.82) is 0 Å². The van der Waals surface area contributed by atoms with Crippen LogP contribution >= 0.6 is 0 Å². The van der Waals surface area contributed by atoms with Crippen molar-refractivity contribution in [3.63, 3.8) is 0 Å². The molecule has 0 fully saturated rings. The van der Waals surface area contributed by atoms with E-state index in [4.69, 9.17) is 9.72 Å². The molecule has 0 amide bonds. The molecule has 0 bridgehead atoms. The summed E-state index contributed by atoms with van der Waals surface area (Å²) in [4.78, 5) is 16.2. The van der Waals surface area contributed by atoms with Crippen molar-refractivity contribution in [2.24, 2.45) is 0 Å². The predicted octanol–water partition coefficient (Wildman–Crippen LogP) is 4.99. The van der Waals surface area contributed by atoms with Gasteiger partial charge in [0.25, 0.3) is 0 Å². The summed E-state index contributed by atoms with van der Waals surface area (Å²) in [5.74, 6) is 0.890. The molecule has 22 heavy (non-hydrogen) atoms. The van der Waals surface area contributed by atoms with Gasteiger partial charge in [-0.3, -0.25) is 9.78 Å². The second-order valence-corrected chi connectivity index (χ2v) is 5.99. The summed E-state index contributed by atoms with van der Waals surface area (Å²) in [5, 5.41) is 0.945. The smallest absolute Gasteiger partial charge is 0.308 e. The molecule has 2 rings (SSSR count). The average Bonchev–Trinajstić information content (AvgIpc) is 2.46. The fraction of sp³-hybridized carbons (Fsp3) is 0.474. The summed E-state index contributed by atoms with van der Waals surface area (Å²) < 4.78 is 5.52. The van der Waals surface area contributed by atoms with Crippen LogP contribution < -0.4 is 4.74 Å². The summed E-state index contributed by atoms with van der Waals surface area (Å²) >= 11 is 0. The zero-order chi connectivity index (χ0) is 16.4. The van der Waals surface area contributed by atoms with E-state index < -0.39 is 0 Å². The van der Waals surface area contributed by atoms with Gasteiger partial charge in [0.05, 0.1) is 5.52 Å². The maximum absolute atomic E-state index is 11.5. The summed E-state index contributed by atoms with van der Waals surface area (Å²) in [7, 11) is 0. The molecule has 0 radical (unpaired) electrons. The molecule has 3 heteroatoms. The molecule has 0 N–H and O–H groups in total. The first-order valence-corrected chi connectivity index (χ1v) is 7.98. The number of fused-ring (bicyclic) bond motifs is 1. The number of aromatic nitrogens is 1. The van der Waals surface area contributed by atoms with Gasteiger partial charge in [0, 0.05) is 23.6 Å². The second kappa shape index (κ2) is 6.47. The quantitative estimate of drug-likeness (QED) is 0.747. The van der Waals surface area contributed by atoms with Gasteiger partial charge in [-0.05, 0) is 56.7 Å². The highest BCUT2D eigenvalue weighted by molar-refractivity contribution is 5.91. The first-order chi connectivity index (χ1) is 10.4. The number of benzene rings is 1. The predicted molar refractivity (Wildman–Crippen MR) is 90.6 cm³/mol. The van der Waals surface area contributed by atoms with Gasteiger partial charge in [-0.1, -0.05) is 19.9 Å². The van der Waals surface area contributed by atoms with Gasteiger partial charge in [0.15, 0.2) is 0 Å². The first-order valence-electron chi connectivity index (χ1n) is 7.98. The minimum Gasteiger partial charge on any atom is -0.426 e. The largest absolute Gasteiger partial charge is 0.426 e. The third-order valence-corrected chi connectivity index (χ3v) is 4.43. The Morgan fingerprint density at radius 3 is 2.36 bits per heavy atom. The standard InChI is InChI=1S/C19H25NO2/c1-7-15(8-2)16-9-11(3)18-17(10-16)19(22-14(6)21)12(4)13(5)20-18/h9-10,15H,7-8H2,1-6H3. The molecule has 0 atom stereocenters. The lowest BCUT2D eigenvalue weighted by Gasteiger charge is -2.18. The molecule has 0 saturated heterocycles. The SMILES string of the molecule is CCC(CC)c1cc(C)c2nc(C)c(C)c(OC(C)=O)c2c1. The third kappa shape index (κ3) is 2.99. The minimum atomic E-state index is -0.291. The highest BCUT2D eigenvalue weighted by Crippen LogP contribution is 2.35. The van der Waals surface area contributed by atoms with Gasteiger partial charge >= 0.3 is 5.97 Å². The molecule has 3 nitrogen and oxygen atoms in total. The summed E-state index contributed by atoms with van der Waals surface area (Å²) in [6, 6.07) is 4.37. The molecule has 1 aromatic carbocycles. The molecule has 118 valence electrons. The Bertz CT molecular complexity index is 715. The normalized spacial score (nSPS) is 11.2. The van der Waals surface area contributed by atoms with E-state index in [0.717, 1.165) is 40.6 Å². The van der Waals surface area contributed by atoms with Gasteiger partial charge in [0.1, 0.15) is 5.75 Å². The summed E-state index contributed by atoms with van der Waals surface area (Å²) in [6.45, 7) is 11.8. The van der Waals surface area contributed by atoms with Crippen LogP contribution in [0.5, 0.6) is 5.75 Å². The van der Waals surface area contributed by atoms with E-state index in [-0.39, 0.29) is 5.97 Å². The van der Waals surface area contributed by atoms with Crippen molar-refractivity contribution >= 4 is 16.9 Å². The van der Waals surface area contributed by atoms with Crippen LogP contribution in [-0.4, -0.2) is 11.0 Å². The number of hydrogen-bond acceptors (Lipinski definition) is 3. The van der Waals surface area contributed by atoms with Gasteiger partial charge in [-0.15, -0.1) is 0 Å². The molecule has 2 aromatic rings. The Labute approximate surface area is 132 Å². The molecular formula is C19H25NO2. The monoisotopic (exact) mass is 299 g/mol. The summed E-state index contributed by atoms with van der Waals surface area (Å²) in [6.07, 6.45) is 2.20. The van der Waals surface area contributed by atoms with Crippen LogP contribution in [0.4, 0.5) is 0 Å². The number of esters is 1. The number of ether oxygens (including phenoxy) is 1. The molecule has 1 aromatic heterocycles. The van der Waals surface area contributed by atoms with Gasteiger partial charge < -0.3 is 4.74 Å². The van der Waals surface area contributed by atoms with E-state index in [0.29, 0.717) is 11.7 Å². The zero-order valence-electron chi connectivity index (χ0n) is 14.4. The highest BCUT2D eigenvalue weighted by atomic mass is 16.5. The van der Waals surface area contributed by atoms with Crippen LogP contribution in [0.25, 0.3) is 10.9 Å². The Morgan fingerprint density at radius 1 is 1.18 bits per heavy atom. The molecule has 0 spiro atoms. The maximum Gasteiger partial charge on any atom is 0.308 e. The van der Waals surface area contributed by atoms with Crippen LogP contribution in [0.3, 0.4) is 0 Å².